The minimum atomic E-state index is -0.102. The zero-order valence-electron chi connectivity index (χ0n) is 16.3. The molecule has 3 aromatic rings. The number of nitrogens with zero attached hydrogens (tertiary/aromatic N) is 2. The van der Waals surface area contributed by atoms with Crippen molar-refractivity contribution in [1.82, 2.24) is 9.88 Å². The van der Waals surface area contributed by atoms with Crippen molar-refractivity contribution >= 4 is 11.6 Å². The largest absolute Gasteiger partial charge is 0.441 e. The molecule has 5 nitrogen and oxygen atoms in total. The van der Waals surface area contributed by atoms with Crippen molar-refractivity contribution in [1.29, 1.82) is 0 Å². The maximum atomic E-state index is 12.9. The Kier molecular flexibility index (Phi) is 5.26. The third-order valence-corrected chi connectivity index (χ3v) is 5.30. The molecule has 1 aliphatic rings. The summed E-state index contributed by atoms with van der Waals surface area (Å²) in [6.07, 6.45) is 1.93. The summed E-state index contributed by atoms with van der Waals surface area (Å²) in [6.45, 7) is 5.57. The number of anilines is 1. The monoisotopic (exact) mass is 375 g/mol. The molecule has 1 fully saturated rings. The van der Waals surface area contributed by atoms with Gasteiger partial charge in [0, 0.05) is 17.8 Å². The Bertz CT molecular complexity index is 945. The van der Waals surface area contributed by atoms with Crippen LogP contribution in [0.15, 0.2) is 59.0 Å². The molecule has 4 rings (SSSR count). The number of likely N-dealkylation sites (tertiary alicyclic amines) is 1. The van der Waals surface area contributed by atoms with Gasteiger partial charge in [-0.25, -0.2) is 4.98 Å². The first-order valence-corrected chi connectivity index (χ1v) is 9.73. The summed E-state index contributed by atoms with van der Waals surface area (Å²) in [5.41, 5.74) is 3.75. The Morgan fingerprint density at radius 2 is 2.00 bits per heavy atom. The molecule has 0 aliphatic carbocycles. The summed E-state index contributed by atoms with van der Waals surface area (Å²) in [7, 11) is 0. The van der Waals surface area contributed by atoms with E-state index in [1.54, 1.807) is 0 Å². The number of benzene rings is 2. The van der Waals surface area contributed by atoms with Crippen molar-refractivity contribution in [3.63, 3.8) is 0 Å². The molecule has 1 atom stereocenters. The number of aromatic nitrogens is 1. The van der Waals surface area contributed by atoms with Gasteiger partial charge in [0.2, 0.25) is 11.8 Å². The second kappa shape index (κ2) is 7.98. The van der Waals surface area contributed by atoms with E-state index in [1.165, 1.54) is 5.56 Å². The molecule has 1 aromatic heterocycles. The molecular formula is C23H25N3O2. The highest BCUT2D eigenvalue weighted by molar-refractivity contribution is 5.95. The van der Waals surface area contributed by atoms with Crippen LogP contribution in [0.5, 0.6) is 0 Å². The summed E-state index contributed by atoms with van der Waals surface area (Å²) < 4.78 is 5.71. The molecule has 2 heterocycles. The van der Waals surface area contributed by atoms with Crippen LogP contribution in [0, 0.1) is 13.8 Å². The van der Waals surface area contributed by atoms with Gasteiger partial charge in [-0.15, -0.1) is 0 Å². The highest BCUT2D eigenvalue weighted by Gasteiger charge is 2.30. The van der Waals surface area contributed by atoms with Gasteiger partial charge in [0.15, 0.2) is 0 Å². The van der Waals surface area contributed by atoms with Gasteiger partial charge >= 0.3 is 0 Å². The molecule has 0 radical (unpaired) electrons. The topological polar surface area (TPSA) is 58.4 Å². The second-order valence-electron chi connectivity index (χ2n) is 7.34. The van der Waals surface area contributed by atoms with Crippen molar-refractivity contribution in [3.8, 4) is 11.5 Å². The second-order valence-corrected chi connectivity index (χ2v) is 7.34. The van der Waals surface area contributed by atoms with Crippen molar-refractivity contribution in [2.45, 2.75) is 39.3 Å². The van der Waals surface area contributed by atoms with E-state index >= 15 is 0 Å². The maximum absolute atomic E-state index is 12.9. The summed E-state index contributed by atoms with van der Waals surface area (Å²) in [5.74, 6) is 1.44. The van der Waals surface area contributed by atoms with Gasteiger partial charge in [-0.2, -0.15) is 0 Å². The smallest absolute Gasteiger partial charge is 0.241 e. The van der Waals surface area contributed by atoms with E-state index in [0.29, 0.717) is 5.89 Å². The molecule has 1 amide bonds. The fourth-order valence-corrected chi connectivity index (χ4v) is 3.68. The van der Waals surface area contributed by atoms with E-state index in [2.05, 4.69) is 27.3 Å². The molecular weight excluding hydrogens is 350 g/mol. The van der Waals surface area contributed by atoms with Crippen molar-refractivity contribution in [2.24, 2.45) is 0 Å². The first-order valence-electron chi connectivity index (χ1n) is 9.73. The zero-order chi connectivity index (χ0) is 19.5. The average molecular weight is 375 g/mol. The lowest BCUT2D eigenvalue weighted by Gasteiger charge is -2.23. The molecule has 0 bridgehead atoms. The Morgan fingerprint density at radius 3 is 2.75 bits per heavy atom. The minimum absolute atomic E-state index is 0.0466. The van der Waals surface area contributed by atoms with E-state index in [-0.39, 0.29) is 11.9 Å². The molecule has 144 valence electrons. The van der Waals surface area contributed by atoms with Crippen LogP contribution in [-0.4, -0.2) is 28.4 Å². The summed E-state index contributed by atoms with van der Waals surface area (Å²) >= 11 is 0. The number of hydrogen-bond donors (Lipinski definition) is 1. The summed E-state index contributed by atoms with van der Waals surface area (Å²) in [4.78, 5) is 19.6. The lowest BCUT2D eigenvalue weighted by atomic mass is 10.1. The minimum Gasteiger partial charge on any atom is -0.441 e. The predicted octanol–water partition coefficient (Wildman–Crippen LogP) is 4.56. The predicted molar refractivity (Wildman–Crippen MR) is 110 cm³/mol. The average Bonchev–Trinajstić information content (AvgIpc) is 3.29. The molecule has 0 spiro atoms. The number of carbonyl (C=O) groups is 1. The van der Waals surface area contributed by atoms with Crippen LogP contribution in [-0.2, 0) is 11.3 Å². The number of oxazole rings is 1. The third-order valence-electron chi connectivity index (χ3n) is 5.30. The summed E-state index contributed by atoms with van der Waals surface area (Å²) in [5, 5.41) is 3.08. The van der Waals surface area contributed by atoms with Gasteiger partial charge in [0.1, 0.15) is 5.76 Å². The molecule has 5 heteroatoms. The number of hydrogen-bond acceptors (Lipinski definition) is 4. The number of nitrogens with one attached hydrogen (secondary N) is 1. The standard InChI is InChI=1S/C23H25N3O2/c1-16-17(2)28-23(24-16)19-10-6-11-20(14-19)25-22(27)21-12-7-13-26(21)15-18-8-4-3-5-9-18/h3-6,8-11,14,21H,7,12-13,15H2,1-2H3,(H,25,27). The van der Waals surface area contributed by atoms with Crippen LogP contribution < -0.4 is 5.32 Å². The molecule has 1 saturated heterocycles. The van der Waals surface area contributed by atoms with Crippen LogP contribution in [0.25, 0.3) is 11.5 Å². The van der Waals surface area contributed by atoms with Crippen molar-refractivity contribution < 1.29 is 9.21 Å². The van der Waals surface area contributed by atoms with Gasteiger partial charge in [-0.1, -0.05) is 36.4 Å². The normalized spacial score (nSPS) is 17.0. The fourth-order valence-electron chi connectivity index (χ4n) is 3.68. The molecule has 1 N–H and O–H groups in total. The van der Waals surface area contributed by atoms with E-state index in [0.717, 1.165) is 48.6 Å². The van der Waals surface area contributed by atoms with Gasteiger partial charge in [0.25, 0.3) is 0 Å². The Morgan fingerprint density at radius 1 is 1.18 bits per heavy atom. The Hall–Kier alpha value is -2.92. The fraction of sp³-hybridized carbons (Fsp3) is 0.304. The Labute approximate surface area is 165 Å². The maximum Gasteiger partial charge on any atom is 0.241 e. The SMILES string of the molecule is Cc1nc(-c2cccc(NC(=O)C3CCCN3Cc3ccccc3)c2)oc1C. The molecule has 1 aliphatic heterocycles. The molecule has 2 aromatic carbocycles. The number of amides is 1. The highest BCUT2D eigenvalue weighted by Crippen LogP contribution is 2.25. The van der Waals surface area contributed by atoms with Crippen LogP contribution >= 0.6 is 0 Å². The first kappa shape index (κ1) is 18.4. The molecule has 1 unspecified atom stereocenters. The van der Waals surface area contributed by atoms with E-state index in [4.69, 9.17) is 4.42 Å². The summed E-state index contributed by atoms with van der Waals surface area (Å²) in [6, 6.07) is 17.9. The van der Waals surface area contributed by atoms with Gasteiger partial charge in [-0.3, -0.25) is 9.69 Å². The highest BCUT2D eigenvalue weighted by atomic mass is 16.4. The number of rotatable bonds is 5. The van der Waals surface area contributed by atoms with E-state index in [9.17, 15) is 4.79 Å². The Balaban J connectivity index is 1.46. The lowest BCUT2D eigenvalue weighted by Crippen LogP contribution is -2.39. The number of carbonyl (C=O) groups excluding carboxylic acids is 1. The quantitative estimate of drug-likeness (QED) is 0.710. The van der Waals surface area contributed by atoms with Crippen LogP contribution in [0.2, 0.25) is 0 Å². The molecule has 28 heavy (non-hydrogen) atoms. The third kappa shape index (κ3) is 3.99. The lowest BCUT2D eigenvalue weighted by molar-refractivity contribution is -0.120. The van der Waals surface area contributed by atoms with E-state index in [1.807, 2.05) is 56.3 Å². The first-order chi connectivity index (χ1) is 13.6. The van der Waals surface area contributed by atoms with Crippen LogP contribution in [0.4, 0.5) is 5.69 Å². The van der Waals surface area contributed by atoms with Crippen molar-refractivity contribution in [2.75, 3.05) is 11.9 Å². The van der Waals surface area contributed by atoms with Crippen LogP contribution in [0.3, 0.4) is 0 Å². The van der Waals surface area contributed by atoms with Gasteiger partial charge in [0.05, 0.1) is 11.7 Å². The van der Waals surface area contributed by atoms with Gasteiger partial charge < -0.3 is 9.73 Å². The van der Waals surface area contributed by atoms with E-state index < -0.39 is 0 Å². The van der Waals surface area contributed by atoms with Gasteiger partial charge in [-0.05, 0) is 57.0 Å². The molecule has 0 saturated carbocycles. The van der Waals surface area contributed by atoms with Crippen LogP contribution in [0.1, 0.15) is 29.9 Å². The number of aryl methyl sites for hydroxylation is 2. The zero-order valence-corrected chi connectivity index (χ0v) is 16.3. The van der Waals surface area contributed by atoms with Crippen molar-refractivity contribution in [3.05, 3.63) is 71.6 Å².